The fraction of sp³-hybridized carbons (Fsp3) is 0.100. The number of aromatic nitrogens is 2. The number of hydrogen-bond acceptors (Lipinski definition) is 5. The quantitative estimate of drug-likeness (QED) is 0.656. The maximum absolute atomic E-state index is 10.4. The normalized spacial score (nSPS) is 8.96. The number of aryl methyl sites for hydroxylation is 1. The topological polar surface area (TPSA) is 118 Å². The molecule has 1 aromatic heterocycles. The number of nitrogens with two attached hydrogens (primary N) is 1. The van der Waals surface area contributed by atoms with Crippen molar-refractivity contribution in [3.63, 3.8) is 0 Å². The van der Waals surface area contributed by atoms with Crippen LogP contribution in [0, 0.1) is 6.92 Å². The van der Waals surface area contributed by atoms with E-state index in [1.165, 1.54) is 0 Å². The molecule has 0 saturated heterocycles. The summed E-state index contributed by atoms with van der Waals surface area (Å²) in [6.07, 6.45) is 3.39. The molecule has 0 bridgehead atoms. The van der Waals surface area contributed by atoms with E-state index >= 15 is 0 Å². The SMILES string of the molecule is CNc1ncccn1.Cc1ccc(C(=O)O)cc1.NC(=O)c1ccccc1. The lowest BCUT2D eigenvalue weighted by atomic mass is 10.2. The third kappa shape index (κ3) is 8.78. The summed E-state index contributed by atoms with van der Waals surface area (Å²) in [5.74, 6) is -0.594. The molecular formula is C20H22N4O3. The molecule has 7 heteroatoms. The smallest absolute Gasteiger partial charge is 0.335 e. The van der Waals surface area contributed by atoms with E-state index in [0.29, 0.717) is 17.1 Å². The van der Waals surface area contributed by atoms with Crippen molar-refractivity contribution in [3.05, 3.63) is 89.7 Å². The predicted molar refractivity (Wildman–Crippen MR) is 105 cm³/mol. The average molecular weight is 366 g/mol. The van der Waals surface area contributed by atoms with Crippen LogP contribution in [-0.4, -0.2) is 34.0 Å². The molecule has 0 radical (unpaired) electrons. The zero-order valence-electron chi connectivity index (χ0n) is 15.2. The molecule has 140 valence electrons. The fourth-order valence-corrected chi connectivity index (χ4v) is 1.73. The molecule has 0 aliphatic rings. The third-order valence-electron chi connectivity index (χ3n) is 3.15. The number of primary amides is 1. The largest absolute Gasteiger partial charge is 0.478 e. The van der Waals surface area contributed by atoms with E-state index in [0.717, 1.165) is 5.56 Å². The van der Waals surface area contributed by atoms with E-state index < -0.39 is 5.97 Å². The number of rotatable bonds is 3. The number of carboxylic acid groups (broad SMARTS) is 1. The van der Waals surface area contributed by atoms with Gasteiger partial charge in [0, 0.05) is 25.0 Å². The number of nitrogens with one attached hydrogen (secondary N) is 1. The van der Waals surface area contributed by atoms with E-state index in [2.05, 4.69) is 15.3 Å². The van der Waals surface area contributed by atoms with Gasteiger partial charge in [0.25, 0.3) is 0 Å². The Kier molecular flexibility index (Phi) is 9.27. The summed E-state index contributed by atoms with van der Waals surface area (Å²) in [6, 6.07) is 17.3. The second-order valence-corrected chi connectivity index (χ2v) is 5.22. The van der Waals surface area contributed by atoms with Gasteiger partial charge in [-0.15, -0.1) is 0 Å². The summed E-state index contributed by atoms with van der Waals surface area (Å²) in [6.45, 7) is 1.92. The Balaban J connectivity index is 0.000000204. The molecule has 0 aliphatic heterocycles. The number of carbonyl (C=O) groups excluding carboxylic acids is 1. The molecule has 1 heterocycles. The van der Waals surface area contributed by atoms with Gasteiger partial charge in [-0.1, -0.05) is 35.9 Å². The summed E-state index contributed by atoms with van der Waals surface area (Å²) in [4.78, 5) is 28.5. The zero-order valence-corrected chi connectivity index (χ0v) is 15.2. The van der Waals surface area contributed by atoms with Crippen molar-refractivity contribution in [3.8, 4) is 0 Å². The van der Waals surface area contributed by atoms with Crippen LogP contribution in [0.4, 0.5) is 5.95 Å². The zero-order chi connectivity index (χ0) is 20.1. The van der Waals surface area contributed by atoms with Crippen molar-refractivity contribution in [2.75, 3.05) is 12.4 Å². The Hall–Kier alpha value is -3.74. The molecule has 0 atom stereocenters. The van der Waals surface area contributed by atoms with Gasteiger partial charge in [0.2, 0.25) is 11.9 Å². The molecule has 0 fully saturated rings. The molecule has 27 heavy (non-hydrogen) atoms. The summed E-state index contributed by atoms with van der Waals surface area (Å²) in [5.41, 5.74) is 6.94. The molecular weight excluding hydrogens is 344 g/mol. The number of benzene rings is 2. The van der Waals surface area contributed by atoms with Crippen LogP contribution in [0.3, 0.4) is 0 Å². The van der Waals surface area contributed by atoms with Crippen molar-refractivity contribution < 1.29 is 14.7 Å². The van der Waals surface area contributed by atoms with Gasteiger partial charge in [-0.05, 0) is 37.3 Å². The first-order chi connectivity index (χ1) is 12.9. The molecule has 3 rings (SSSR count). The van der Waals surface area contributed by atoms with Gasteiger partial charge in [0.1, 0.15) is 0 Å². The number of carbonyl (C=O) groups is 2. The first-order valence-corrected chi connectivity index (χ1v) is 8.03. The highest BCUT2D eigenvalue weighted by molar-refractivity contribution is 5.92. The van der Waals surface area contributed by atoms with Crippen LogP contribution < -0.4 is 11.1 Å². The average Bonchev–Trinajstić information content (AvgIpc) is 2.70. The minimum Gasteiger partial charge on any atom is -0.478 e. The lowest BCUT2D eigenvalue weighted by molar-refractivity contribution is 0.0696. The standard InChI is InChI=1S/C8H8O2.C7H7NO.C5H7N3/c1-6-2-4-7(5-3-6)8(9)10;8-7(9)6-4-2-1-3-5-6;1-6-5-7-3-2-4-8-5/h2-5H,1H3,(H,9,10);1-5H,(H2,8,9);2-4H,1H3,(H,6,7,8). The first kappa shape index (κ1) is 21.3. The second-order valence-electron chi connectivity index (χ2n) is 5.22. The molecule has 0 unspecified atom stereocenters. The Morgan fingerprint density at radius 1 is 0.889 bits per heavy atom. The molecule has 0 spiro atoms. The third-order valence-corrected chi connectivity index (χ3v) is 3.15. The highest BCUT2D eigenvalue weighted by Crippen LogP contribution is 2.01. The van der Waals surface area contributed by atoms with Crippen LogP contribution in [-0.2, 0) is 0 Å². The molecule has 2 aromatic carbocycles. The lowest BCUT2D eigenvalue weighted by Crippen LogP contribution is -2.09. The second kappa shape index (κ2) is 11.8. The van der Waals surface area contributed by atoms with Crippen LogP contribution in [0.15, 0.2) is 73.1 Å². The summed E-state index contributed by atoms with van der Waals surface area (Å²) >= 11 is 0. The Morgan fingerprint density at radius 3 is 1.81 bits per heavy atom. The number of anilines is 1. The van der Waals surface area contributed by atoms with E-state index in [-0.39, 0.29) is 5.91 Å². The minimum atomic E-state index is -0.875. The van der Waals surface area contributed by atoms with Crippen LogP contribution in [0.25, 0.3) is 0 Å². The highest BCUT2D eigenvalue weighted by Gasteiger charge is 1.98. The highest BCUT2D eigenvalue weighted by atomic mass is 16.4. The van der Waals surface area contributed by atoms with Gasteiger partial charge in [0.05, 0.1) is 5.56 Å². The van der Waals surface area contributed by atoms with Gasteiger partial charge < -0.3 is 16.2 Å². The summed E-state index contributed by atoms with van der Waals surface area (Å²) in [7, 11) is 1.79. The van der Waals surface area contributed by atoms with Crippen molar-refractivity contribution in [1.82, 2.24) is 9.97 Å². The van der Waals surface area contributed by atoms with E-state index in [9.17, 15) is 9.59 Å². The Bertz CT molecular complexity index is 823. The Labute approximate surface area is 157 Å². The van der Waals surface area contributed by atoms with Gasteiger partial charge in [-0.25, -0.2) is 14.8 Å². The van der Waals surface area contributed by atoms with Gasteiger partial charge in [-0.3, -0.25) is 4.79 Å². The number of hydrogen-bond donors (Lipinski definition) is 3. The summed E-state index contributed by atoms with van der Waals surface area (Å²) < 4.78 is 0. The van der Waals surface area contributed by atoms with Crippen molar-refractivity contribution >= 4 is 17.8 Å². The number of carboxylic acids is 1. The molecule has 0 saturated carbocycles. The molecule has 7 nitrogen and oxygen atoms in total. The van der Waals surface area contributed by atoms with Gasteiger partial charge in [-0.2, -0.15) is 0 Å². The number of nitrogens with zero attached hydrogens (tertiary/aromatic N) is 2. The number of aromatic carboxylic acids is 1. The van der Waals surface area contributed by atoms with Crippen molar-refractivity contribution in [2.45, 2.75) is 6.92 Å². The van der Waals surface area contributed by atoms with Crippen molar-refractivity contribution in [2.24, 2.45) is 5.73 Å². The fourth-order valence-electron chi connectivity index (χ4n) is 1.73. The molecule has 3 aromatic rings. The van der Waals surface area contributed by atoms with Crippen LogP contribution in [0.5, 0.6) is 0 Å². The van der Waals surface area contributed by atoms with Crippen LogP contribution in [0.2, 0.25) is 0 Å². The monoisotopic (exact) mass is 366 g/mol. The Morgan fingerprint density at radius 2 is 1.44 bits per heavy atom. The predicted octanol–water partition coefficient (Wildman–Crippen LogP) is 3.00. The molecule has 0 aliphatic carbocycles. The van der Waals surface area contributed by atoms with Crippen LogP contribution in [0.1, 0.15) is 26.3 Å². The molecule has 1 amide bonds. The lowest BCUT2D eigenvalue weighted by Gasteiger charge is -1.92. The van der Waals surface area contributed by atoms with Gasteiger partial charge >= 0.3 is 5.97 Å². The summed E-state index contributed by atoms with van der Waals surface area (Å²) in [5, 5.41) is 11.3. The van der Waals surface area contributed by atoms with Gasteiger partial charge in [0.15, 0.2) is 0 Å². The van der Waals surface area contributed by atoms with E-state index in [1.54, 1.807) is 74.0 Å². The molecule has 4 N–H and O–H groups in total. The maximum Gasteiger partial charge on any atom is 0.335 e. The van der Waals surface area contributed by atoms with Crippen LogP contribution >= 0.6 is 0 Å². The van der Waals surface area contributed by atoms with E-state index in [1.807, 2.05) is 13.0 Å². The minimum absolute atomic E-state index is 0.339. The first-order valence-electron chi connectivity index (χ1n) is 8.03. The maximum atomic E-state index is 10.4. The van der Waals surface area contributed by atoms with Crippen molar-refractivity contribution in [1.29, 1.82) is 0 Å². The number of amides is 1. The van der Waals surface area contributed by atoms with E-state index in [4.69, 9.17) is 10.8 Å².